The van der Waals surface area contributed by atoms with Crippen molar-refractivity contribution in [2.45, 2.75) is 32.7 Å². The van der Waals surface area contributed by atoms with Crippen LogP contribution >= 0.6 is 0 Å². The van der Waals surface area contributed by atoms with Gasteiger partial charge in [-0.1, -0.05) is 13.8 Å². The zero-order valence-corrected chi connectivity index (χ0v) is 9.70. The first-order chi connectivity index (χ1) is 7.09. The number of carboxylic acids is 1. The third-order valence-electron chi connectivity index (χ3n) is 2.71. The van der Waals surface area contributed by atoms with Gasteiger partial charge in [0, 0.05) is 19.1 Å². The van der Waals surface area contributed by atoms with E-state index in [1.165, 1.54) is 0 Å². The number of nitrogens with zero attached hydrogens (tertiary/aromatic N) is 1. The van der Waals surface area contributed by atoms with Gasteiger partial charge in [-0.15, -0.1) is 0 Å². The van der Waals surface area contributed by atoms with Gasteiger partial charge in [0.25, 0.3) is 0 Å². The molecule has 0 saturated carbocycles. The fraction of sp³-hybridized carbons (Fsp3) is 0.909. The van der Waals surface area contributed by atoms with Crippen molar-refractivity contribution in [3.63, 3.8) is 0 Å². The molecule has 1 fully saturated rings. The van der Waals surface area contributed by atoms with Gasteiger partial charge in [-0.3, -0.25) is 9.69 Å². The first-order valence-electron chi connectivity index (χ1n) is 5.76. The zero-order valence-electron chi connectivity index (χ0n) is 9.70. The first kappa shape index (κ1) is 12.5. The van der Waals surface area contributed by atoms with Crippen molar-refractivity contribution in [1.82, 2.24) is 10.2 Å². The molecule has 1 aliphatic heterocycles. The highest BCUT2D eigenvalue weighted by atomic mass is 16.4. The lowest BCUT2D eigenvalue weighted by Crippen LogP contribution is -2.42. The second-order valence-corrected chi connectivity index (χ2v) is 4.70. The average molecular weight is 214 g/mol. The van der Waals surface area contributed by atoms with Crippen LogP contribution in [0.15, 0.2) is 0 Å². The van der Waals surface area contributed by atoms with Crippen LogP contribution in [0.25, 0.3) is 0 Å². The lowest BCUT2D eigenvalue weighted by molar-refractivity contribution is -0.138. The normalized spacial score (nSPS) is 24.1. The molecule has 88 valence electrons. The third-order valence-corrected chi connectivity index (χ3v) is 2.71. The molecule has 1 atom stereocenters. The summed E-state index contributed by atoms with van der Waals surface area (Å²) < 4.78 is 0. The number of hydrogen-bond donors (Lipinski definition) is 2. The van der Waals surface area contributed by atoms with Crippen molar-refractivity contribution < 1.29 is 9.90 Å². The summed E-state index contributed by atoms with van der Waals surface area (Å²) in [5.41, 5.74) is 0. The predicted molar refractivity (Wildman–Crippen MR) is 59.9 cm³/mol. The van der Waals surface area contributed by atoms with E-state index in [1.807, 2.05) is 0 Å². The number of carbonyl (C=O) groups is 1. The minimum atomic E-state index is -0.697. The van der Waals surface area contributed by atoms with Crippen LogP contribution < -0.4 is 5.32 Å². The van der Waals surface area contributed by atoms with Gasteiger partial charge in [0.2, 0.25) is 0 Å². The van der Waals surface area contributed by atoms with Crippen LogP contribution in [0.3, 0.4) is 0 Å². The Hall–Kier alpha value is -0.610. The molecule has 0 amide bonds. The topological polar surface area (TPSA) is 52.6 Å². The molecule has 1 heterocycles. The Morgan fingerprint density at radius 1 is 1.60 bits per heavy atom. The molecule has 0 radical (unpaired) electrons. The second kappa shape index (κ2) is 6.08. The monoisotopic (exact) mass is 214 g/mol. The Kier molecular flexibility index (Phi) is 5.05. The predicted octanol–water partition coefficient (Wildman–Crippen LogP) is 0.781. The molecule has 0 aromatic heterocycles. The zero-order chi connectivity index (χ0) is 11.3. The van der Waals surface area contributed by atoms with Gasteiger partial charge < -0.3 is 10.4 Å². The van der Waals surface area contributed by atoms with E-state index < -0.39 is 5.97 Å². The lowest BCUT2D eigenvalue weighted by atomic mass is 10.1. The minimum Gasteiger partial charge on any atom is -0.481 e. The van der Waals surface area contributed by atoms with Crippen molar-refractivity contribution in [2.75, 3.05) is 26.2 Å². The highest BCUT2D eigenvalue weighted by Gasteiger charge is 2.23. The Bertz CT molecular complexity index is 207. The molecule has 15 heavy (non-hydrogen) atoms. The highest BCUT2D eigenvalue weighted by Crippen LogP contribution is 2.10. The molecule has 0 aromatic rings. The van der Waals surface area contributed by atoms with Crippen LogP contribution in [0, 0.1) is 5.92 Å². The molecule has 4 heteroatoms. The van der Waals surface area contributed by atoms with E-state index >= 15 is 0 Å². The van der Waals surface area contributed by atoms with Gasteiger partial charge in [0.1, 0.15) is 0 Å². The van der Waals surface area contributed by atoms with Crippen LogP contribution in [0.1, 0.15) is 26.7 Å². The molecular formula is C11H22N2O2. The molecule has 4 nitrogen and oxygen atoms in total. The summed E-state index contributed by atoms with van der Waals surface area (Å²) >= 11 is 0. The van der Waals surface area contributed by atoms with Gasteiger partial charge in [0.05, 0.1) is 6.42 Å². The van der Waals surface area contributed by atoms with Crippen LogP contribution in [-0.2, 0) is 4.79 Å². The quantitative estimate of drug-likeness (QED) is 0.726. The molecular weight excluding hydrogens is 192 g/mol. The van der Waals surface area contributed by atoms with Gasteiger partial charge in [-0.05, 0) is 25.4 Å². The van der Waals surface area contributed by atoms with Crippen LogP contribution in [0.2, 0.25) is 0 Å². The molecule has 2 N–H and O–H groups in total. The first-order valence-corrected chi connectivity index (χ1v) is 5.76. The third kappa shape index (κ3) is 4.62. The smallest absolute Gasteiger partial charge is 0.304 e. The highest BCUT2D eigenvalue weighted by molar-refractivity contribution is 5.67. The molecule has 1 unspecified atom stereocenters. The van der Waals surface area contributed by atoms with E-state index in [-0.39, 0.29) is 12.5 Å². The summed E-state index contributed by atoms with van der Waals surface area (Å²) in [6.07, 6.45) is 1.36. The Balaban J connectivity index is 2.54. The van der Waals surface area contributed by atoms with E-state index in [2.05, 4.69) is 24.1 Å². The molecule has 0 aromatic carbocycles. The summed E-state index contributed by atoms with van der Waals surface area (Å²) in [5.74, 6) is -0.100. The average Bonchev–Trinajstić information content (AvgIpc) is 2.30. The molecule has 0 aliphatic carbocycles. The van der Waals surface area contributed by atoms with Gasteiger partial charge >= 0.3 is 5.97 Å². The largest absolute Gasteiger partial charge is 0.481 e. The molecule has 1 saturated heterocycles. The summed E-state index contributed by atoms with van der Waals surface area (Å²) in [7, 11) is 0. The number of hydrogen-bond acceptors (Lipinski definition) is 3. The fourth-order valence-corrected chi connectivity index (χ4v) is 2.10. The van der Waals surface area contributed by atoms with Gasteiger partial charge in [0.15, 0.2) is 0 Å². The van der Waals surface area contributed by atoms with Crippen LogP contribution in [0.4, 0.5) is 0 Å². The van der Waals surface area contributed by atoms with Gasteiger partial charge in [-0.25, -0.2) is 0 Å². The number of nitrogens with one attached hydrogen (secondary N) is 1. The van der Waals surface area contributed by atoms with Crippen LogP contribution in [-0.4, -0.2) is 48.2 Å². The summed E-state index contributed by atoms with van der Waals surface area (Å²) in [4.78, 5) is 13.1. The molecule has 1 aliphatic rings. The number of rotatable bonds is 4. The minimum absolute atomic E-state index is 0.160. The van der Waals surface area contributed by atoms with Crippen molar-refractivity contribution >= 4 is 5.97 Å². The summed E-state index contributed by atoms with van der Waals surface area (Å²) in [6, 6.07) is 0.160. The van der Waals surface area contributed by atoms with E-state index in [1.54, 1.807) is 0 Å². The molecule has 1 rings (SSSR count). The Labute approximate surface area is 91.6 Å². The van der Waals surface area contributed by atoms with Crippen molar-refractivity contribution in [2.24, 2.45) is 5.92 Å². The Morgan fingerprint density at radius 3 is 2.93 bits per heavy atom. The standard InChI is InChI=1S/C11H22N2O2/c1-9(2)8-13-5-3-4-12-7-10(13)6-11(14)15/h9-10,12H,3-8H2,1-2H3,(H,14,15). The number of carboxylic acid groups (broad SMARTS) is 1. The maximum absolute atomic E-state index is 10.8. The van der Waals surface area contributed by atoms with E-state index in [4.69, 9.17) is 5.11 Å². The van der Waals surface area contributed by atoms with Crippen molar-refractivity contribution in [3.8, 4) is 0 Å². The van der Waals surface area contributed by atoms with Crippen molar-refractivity contribution in [1.29, 1.82) is 0 Å². The van der Waals surface area contributed by atoms with E-state index in [0.717, 1.165) is 32.6 Å². The molecule has 0 bridgehead atoms. The van der Waals surface area contributed by atoms with E-state index in [9.17, 15) is 4.79 Å². The maximum atomic E-state index is 10.8. The SMILES string of the molecule is CC(C)CN1CCCNCC1CC(=O)O. The second-order valence-electron chi connectivity index (χ2n) is 4.70. The van der Waals surface area contributed by atoms with E-state index in [0.29, 0.717) is 5.92 Å². The summed E-state index contributed by atoms with van der Waals surface area (Å²) in [5, 5.41) is 12.2. The fourth-order valence-electron chi connectivity index (χ4n) is 2.10. The summed E-state index contributed by atoms with van der Waals surface area (Å²) in [6.45, 7) is 8.18. The molecule has 0 spiro atoms. The van der Waals surface area contributed by atoms with Crippen molar-refractivity contribution in [3.05, 3.63) is 0 Å². The van der Waals surface area contributed by atoms with Gasteiger partial charge in [-0.2, -0.15) is 0 Å². The van der Waals surface area contributed by atoms with Crippen LogP contribution in [0.5, 0.6) is 0 Å². The maximum Gasteiger partial charge on any atom is 0.304 e. The number of aliphatic carboxylic acids is 1. The Morgan fingerprint density at radius 2 is 2.33 bits per heavy atom. The lowest BCUT2D eigenvalue weighted by Gasteiger charge is -2.29.